The van der Waals surface area contributed by atoms with Crippen LogP contribution in [0.3, 0.4) is 0 Å². The predicted octanol–water partition coefficient (Wildman–Crippen LogP) is 2.76. The summed E-state index contributed by atoms with van der Waals surface area (Å²) in [6.45, 7) is 15.8. The summed E-state index contributed by atoms with van der Waals surface area (Å²) in [6.07, 6.45) is 9.15. The molecule has 0 aromatic heterocycles. The van der Waals surface area contributed by atoms with Gasteiger partial charge in [-0.25, -0.2) is 0 Å². The van der Waals surface area contributed by atoms with Crippen LogP contribution in [0, 0.1) is 5.92 Å². The predicted molar refractivity (Wildman–Crippen MR) is 118 cm³/mol. The smallest absolute Gasteiger partial charge is 0.155 e. The van der Waals surface area contributed by atoms with E-state index in [9.17, 15) is 4.79 Å². The third-order valence-electron chi connectivity index (χ3n) is 3.81. The van der Waals surface area contributed by atoms with E-state index in [4.69, 9.17) is 23.2 Å². The summed E-state index contributed by atoms with van der Waals surface area (Å²) in [5.74, 6) is 0.410. The van der Waals surface area contributed by atoms with Crippen molar-refractivity contribution >= 4 is 42.4 Å². The summed E-state index contributed by atoms with van der Waals surface area (Å²) < 4.78 is 0. The third kappa shape index (κ3) is 13.3. The van der Waals surface area contributed by atoms with Crippen LogP contribution in [-0.4, -0.2) is 54.0 Å². The number of ketones is 1. The van der Waals surface area contributed by atoms with E-state index in [-0.39, 0.29) is 11.5 Å². The third-order valence-corrected chi connectivity index (χ3v) is 3.81. The molecule has 0 aromatic rings. The van der Waals surface area contributed by atoms with Gasteiger partial charge < -0.3 is 5.32 Å². The highest BCUT2D eigenvalue weighted by molar-refractivity contribution is 7.60. The van der Waals surface area contributed by atoms with Crippen molar-refractivity contribution in [2.24, 2.45) is 5.92 Å². The van der Waals surface area contributed by atoms with Crippen LogP contribution in [0.2, 0.25) is 0 Å². The Balaban J connectivity index is 0. The van der Waals surface area contributed by atoms with Gasteiger partial charge in [-0.1, -0.05) is 26.0 Å². The van der Waals surface area contributed by atoms with Gasteiger partial charge in [0.25, 0.3) is 0 Å². The lowest BCUT2D eigenvalue weighted by Crippen LogP contribution is -2.56. The molecule has 2 nitrogen and oxygen atoms in total. The van der Waals surface area contributed by atoms with E-state index in [0.29, 0.717) is 11.8 Å². The fraction of sp³-hybridized carbons (Fsp3) is 0.722. The van der Waals surface area contributed by atoms with E-state index in [1.54, 1.807) is 0 Å². The van der Waals surface area contributed by atoms with Crippen molar-refractivity contribution in [3.63, 3.8) is 0 Å². The maximum absolute atomic E-state index is 12.8. The molecule has 0 bridgehead atoms. The zero-order valence-electron chi connectivity index (χ0n) is 16.8. The van der Waals surface area contributed by atoms with Gasteiger partial charge in [-0.15, -0.1) is 13.2 Å². The van der Waals surface area contributed by atoms with Crippen molar-refractivity contribution in [3.8, 4) is 0 Å². The quantitative estimate of drug-likeness (QED) is 0.319. The van der Waals surface area contributed by atoms with E-state index < -0.39 is 6.39 Å². The number of Topliss-reactive ketones (excluding diaryl/α,β-unsaturated/α-hetero) is 1. The minimum Gasteiger partial charge on any atom is -0.303 e. The van der Waals surface area contributed by atoms with Crippen molar-refractivity contribution in [2.45, 2.75) is 77.8 Å². The normalized spacial score (nSPS) is 10.8. The van der Waals surface area contributed by atoms with Gasteiger partial charge in [-0.2, -0.15) is 0 Å². The largest absolute Gasteiger partial charge is 0.303 e. The number of rotatable bonds is 13. The second-order valence-corrected chi connectivity index (χ2v) is 7.03. The Morgan fingerprint density at radius 1 is 1.12 bits per heavy atom. The molecule has 131 valence electrons. The number of unbranched alkanes of at least 4 members (excludes halogenated alkanes) is 2. The minimum absolute atomic E-state index is 0.0636. The van der Waals surface area contributed by atoms with Gasteiger partial charge in [-0.3, -0.25) is 4.79 Å². The summed E-state index contributed by atoms with van der Waals surface area (Å²) in [5, 5.41) is 3.57. The number of hydrogen-bond acceptors (Lipinski definition) is 2. The van der Waals surface area contributed by atoms with Crippen LogP contribution < -0.4 is 5.32 Å². The standard InChI is InChI=1S/C18H33NO.B5/c1-7-9-11-13-18(19-16(5)6,14-12-10-8-2)17(20)15(3)4;1-4-5(2)3/h7-8,15-16,19H,1-2,9-14H2,3-6H3;. The highest BCUT2D eigenvalue weighted by Gasteiger charge is 2.38. The molecule has 7 heteroatoms. The molecule has 0 aliphatic rings. The van der Waals surface area contributed by atoms with E-state index in [0.717, 1.165) is 38.5 Å². The molecule has 0 saturated heterocycles. The topological polar surface area (TPSA) is 29.1 Å². The maximum atomic E-state index is 12.8. The lowest BCUT2D eigenvalue weighted by atomic mass is 8.97. The van der Waals surface area contributed by atoms with Crippen LogP contribution >= 0.6 is 0 Å². The van der Waals surface area contributed by atoms with E-state index in [2.05, 4.69) is 32.3 Å². The van der Waals surface area contributed by atoms with Crippen molar-refractivity contribution in [1.29, 1.82) is 0 Å². The summed E-state index contributed by atoms with van der Waals surface area (Å²) in [7, 11) is 15.8. The maximum Gasteiger partial charge on any atom is 0.155 e. The first kappa shape index (κ1) is 26.7. The van der Waals surface area contributed by atoms with Gasteiger partial charge in [0.2, 0.25) is 0 Å². The van der Waals surface area contributed by atoms with Crippen molar-refractivity contribution in [2.75, 3.05) is 0 Å². The Kier molecular flexibility index (Phi) is 16.7. The average Bonchev–Trinajstić information content (AvgIpc) is 2.54. The van der Waals surface area contributed by atoms with Crippen molar-refractivity contribution in [3.05, 3.63) is 25.3 Å². The molecular weight excluding hydrogens is 300 g/mol. The molecule has 0 aliphatic carbocycles. The molecule has 0 aliphatic heterocycles. The van der Waals surface area contributed by atoms with Crippen LogP contribution in [0.1, 0.15) is 66.2 Å². The Morgan fingerprint density at radius 3 is 1.76 bits per heavy atom. The zero-order valence-corrected chi connectivity index (χ0v) is 16.8. The molecule has 0 heterocycles. The Hall–Kier alpha value is -0.565. The van der Waals surface area contributed by atoms with E-state index >= 15 is 0 Å². The van der Waals surface area contributed by atoms with Crippen molar-refractivity contribution in [1.82, 2.24) is 5.32 Å². The summed E-state index contributed by atoms with van der Waals surface area (Å²) in [5.41, 5.74) is -0.381. The highest BCUT2D eigenvalue weighted by atomic mass is 16.1. The first-order valence-electron chi connectivity index (χ1n) is 9.26. The number of carbonyl (C=O) groups excluding carboxylic acids is 1. The Labute approximate surface area is 161 Å². The van der Waals surface area contributed by atoms with Crippen LogP contribution in [0.4, 0.5) is 0 Å². The summed E-state index contributed by atoms with van der Waals surface area (Å²) in [6, 6.07) is 0.310. The van der Waals surface area contributed by atoms with Gasteiger partial charge in [0, 0.05) is 48.6 Å². The monoisotopic (exact) mass is 334 g/mol. The first-order valence-corrected chi connectivity index (χ1v) is 9.26. The molecule has 0 amide bonds. The molecule has 0 atom stereocenters. The van der Waals surface area contributed by atoms with Gasteiger partial charge in [-0.05, 0) is 52.4 Å². The van der Waals surface area contributed by atoms with Gasteiger partial charge >= 0.3 is 0 Å². The van der Waals surface area contributed by atoms with E-state index in [1.807, 2.05) is 26.0 Å². The second-order valence-electron chi connectivity index (χ2n) is 7.03. The molecule has 0 rings (SSSR count). The number of allylic oxidation sites excluding steroid dienone is 2. The van der Waals surface area contributed by atoms with E-state index in [1.165, 1.54) is 7.06 Å². The number of carbonyl (C=O) groups is 1. The highest BCUT2D eigenvalue weighted by Crippen LogP contribution is 2.27. The molecule has 0 saturated carbocycles. The average molecular weight is 334 g/mol. The van der Waals surface area contributed by atoms with Crippen LogP contribution in [0.25, 0.3) is 0 Å². The first-order chi connectivity index (χ1) is 11.7. The lowest BCUT2D eigenvalue weighted by Gasteiger charge is -2.37. The van der Waals surface area contributed by atoms with Crippen LogP contribution in [0.5, 0.6) is 0 Å². The van der Waals surface area contributed by atoms with Gasteiger partial charge in [0.1, 0.15) is 0 Å². The SMILES string of the molecule is C=CCCCC(CCCC=C)(NC(C)C)C(=O)C(C)C.[B][B]B([B])[B]. The fourth-order valence-corrected chi connectivity index (χ4v) is 2.79. The lowest BCUT2D eigenvalue weighted by molar-refractivity contribution is -0.129. The fourth-order valence-electron chi connectivity index (χ4n) is 2.79. The van der Waals surface area contributed by atoms with Crippen LogP contribution in [-0.2, 0) is 4.79 Å². The second kappa shape index (κ2) is 15.7. The molecule has 7 radical (unpaired) electrons. The molecular formula is C18H33B5NO. The van der Waals surface area contributed by atoms with Gasteiger partial charge in [0.15, 0.2) is 5.78 Å². The molecule has 0 fully saturated rings. The molecule has 0 unspecified atom stereocenters. The molecule has 1 N–H and O–H groups in total. The molecule has 25 heavy (non-hydrogen) atoms. The Bertz CT molecular complexity index is 358. The summed E-state index contributed by atoms with van der Waals surface area (Å²) in [4.78, 5) is 12.8. The zero-order chi connectivity index (χ0) is 19.9. The van der Waals surface area contributed by atoms with Crippen LogP contribution in [0.15, 0.2) is 25.3 Å². The molecule has 0 aromatic carbocycles. The minimum atomic E-state index is -0.463. The summed E-state index contributed by atoms with van der Waals surface area (Å²) >= 11 is 0. The number of nitrogens with one attached hydrogen (secondary N) is 1. The molecule has 0 spiro atoms. The Morgan fingerprint density at radius 2 is 1.52 bits per heavy atom. The van der Waals surface area contributed by atoms with Gasteiger partial charge in [0.05, 0.1) is 5.54 Å². The van der Waals surface area contributed by atoms with Crippen molar-refractivity contribution < 1.29 is 4.79 Å². The number of hydrogen-bond donors (Lipinski definition) is 1.